The van der Waals surface area contributed by atoms with E-state index in [1.54, 1.807) is 6.07 Å². The molecule has 0 unspecified atom stereocenters. The van der Waals surface area contributed by atoms with Gasteiger partial charge in [0, 0.05) is 0 Å². The predicted octanol–water partition coefficient (Wildman–Crippen LogP) is 1.86. The lowest BCUT2D eigenvalue weighted by Crippen LogP contribution is -2.16. The summed E-state index contributed by atoms with van der Waals surface area (Å²) < 4.78 is 0. The van der Waals surface area contributed by atoms with Crippen molar-refractivity contribution in [2.24, 2.45) is 5.73 Å². The van der Waals surface area contributed by atoms with E-state index in [1.807, 2.05) is 0 Å². The summed E-state index contributed by atoms with van der Waals surface area (Å²) in [7, 11) is 0. The first-order valence-electron chi connectivity index (χ1n) is 3.80. The fourth-order valence-corrected chi connectivity index (χ4v) is 1.20. The molecular formula is C8H8Cl2N2O2. The monoisotopic (exact) mass is 234 g/mol. The van der Waals surface area contributed by atoms with Crippen LogP contribution in [0.25, 0.3) is 0 Å². The van der Waals surface area contributed by atoms with Crippen LogP contribution in [-0.2, 0) is 4.79 Å². The largest absolute Gasteiger partial charge is 0.481 e. The van der Waals surface area contributed by atoms with Crippen molar-refractivity contribution in [1.29, 1.82) is 0 Å². The average molecular weight is 235 g/mol. The first-order chi connectivity index (χ1) is 6.50. The molecule has 76 valence electrons. The van der Waals surface area contributed by atoms with Crippen molar-refractivity contribution in [2.45, 2.75) is 12.5 Å². The summed E-state index contributed by atoms with van der Waals surface area (Å²) in [5, 5.41) is 8.95. The van der Waals surface area contributed by atoms with E-state index in [9.17, 15) is 4.79 Å². The fraction of sp³-hybridized carbons (Fsp3) is 0.250. The molecule has 14 heavy (non-hydrogen) atoms. The van der Waals surface area contributed by atoms with Crippen molar-refractivity contribution < 1.29 is 9.90 Å². The second kappa shape index (κ2) is 4.59. The maximum atomic E-state index is 10.4. The lowest BCUT2D eigenvalue weighted by Gasteiger charge is -2.08. The highest BCUT2D eigenvalue weighted by molar-refractivity contribution is 6.41. The third kappa shape index (κ3) is 2.83. The van der Waals surface area contributed by atoms with Gasteiger partial charge in [0.05, 0.1) is 23.2 Å². The average Bonchev–Trinajstić information content (AvgIpc) is 2.08. The van der Waals surface area contributed by atoms with Crippen molar-refractivity contribution in [1.82, 2.24) is 4.98 Å². The maximum absolute atomic E-state index is 10.4. The molecule has 1 aromatic rings. The molecule has 0 fully saturated rings. The Morgan fingerprint density at radius 3 is 2.71 bits per heavy atom. The van der Waals surface area contributed by atoms with Crippen molar-refractivity contribution in [3.05, 3.63) is 28.0 Å². The number of nitrogens with zero attached hydrogens (tertiary/aromatic N) is 1. The summed E-state index contributed by atoms with van der Waals surface area (Å²) >= 11 is 11.3. The Morgan fingerprint density at radius 2 is 2.21 bits per heavy atom. The third-order valence-electron chi connectivity index (χ3n) is 1.60. The summed E-state index contributed by atoms with van der Waals surface area (Å²) in [6.45, 7) is 0. The van der Waals surface area contributed by atoms with Gasteiger partial charge < -0.3 is 10.8 Å². The second-order valence-electron chi connectivity index (χ2n) is 2.71. The number of halogens is 2. The number of nitrogens with two attached hydrogens (primary N) is 1. The highest BCUT2D eigenvalue weighted by Crippen LogP contribution is 2.22. The zero-order valence-corrected chi connectivity index (χ0v) is 8.59. The number of carbonyl (C=O) groups is 1. The number of carboxylic acid groups (broad SMARTS) is 1. The van der Waals surface area contributed by atoms with Gasteiger partial charge in [0.25, 0.3) is 0 Å². The van der Waals surface area contributed by atoms with Gasteiger partial charge >= 0.3 is 5.97 Å². The van der Waals surface area contributed by atoms with Gasteiger partial charge in [-0.25, -0.2) is 4.98 Å². The molecule has 0 saturated carbocycles. The van der Waals surface area contributed by atoms with Crippen molar-refractivity contribution in [3.63, 3.8) is 0 Å². The molecule has 0 radical (unpaired) electrons. The second-order valence-corrected chi connectivity index (χ2v) is 3.48. The van der Waals surface area contributed by atoms with Gasteiger partial charge in [0.15, 0.2) is 0 Å². The van der Waals surface area contributed by atoms with Crippen LogP contribution in [0.15, 0.2) is 12.1 Å². The van der Waals surface area contributed by atoms with Crippen molar-refractivity contribution >= 4 is 29.2 Å². The van der Waals surface area contributed by atoms with Crippen LogP contribution in [0.5, 0.6) is 0 Å². The molecule has 1 heterocycles. The van der Waals surface area contributed by atoms with E-state index in [1.165, 1.54) is 6.07 Å². The minimum Gasteiger partial charge on any atom is -0.481 e. The number of aromatic nitrogens is 1. The highest BCUT2D eigenvalue weighted by atomic mass is 35.5. The summed E-state index contributed by atoms with van der Waals surface area (Å²) in [5.41, 5.74) is 5.99. The fourth-order valence-electron chi connectivity index (χ4n) is 0.931. The van der Waals surface area contributed by atoms with Gasteiger partial charge in [-0.3, -0.25) is 4.79 Å². The summed E-state index contributed by atoms with van der Waals surface area (Å²) in [4.78, 5) is 14.2. The van der Waals surface area contributed by atoms with Crippen LogP contribution in [0, 0.1) is 0 Å². The SMILES string of the molecule is N[C@H](CC(=O)O)c1ccc(Cl)c(Cl)n1. The summed E-state index contributed by atoms with van der Waals surface area (Å²) in [6, 6.07) is 2.43. The van der Waals surface area contributed by atoms with E-state index in [2.05, 4.69) is 4.98 Å². The number of hydrogen-bond donors (Lipinski definition) is 2. The topological polar surface area (TPSA) is 76.2 Å². The predicted molar refractivity (Wildman–Crippen MR) is 53.4 cm³/mol. The van der Waals surface area contributed by atoms with Crippen molar-refractivity contribution in [3.8, 4) is 0 Å². The quantitative estimate of drug-likeness (QED) is 0.784. The molecule has 1 rings (SSSR count). The lowest BCUT2D eigenvalue weighted by molar-refractivity contribution is -0.137. The van der Waals surface area contributed by atoms with E-state index in [0.29, 0.717) is 10.7 Å². The zero-order valence-electron chi connectivity index (χ0n) is 7.08. The molecule has 3 N–H and O–H groups in total. The minimum atomic E-state index is -0.981. The lowest BCUT2D eigenvalue weighted by atomic mass is 10.1. The van der Waals surface area contributed by atoms with E-state index >= 15 is 0 Å². The standard InChI is InChI=1S/C8H8Cl2N2O2/c9-4-1-2-6(12-8(4)10)5(11)3-7(13)14/h1-2,5H,3,11H2,(H,13,14)/t5-/m1/s1. The first kappa shape index (κ1) is 11.2. The van der Waals surface area contributed by atoms with E-state index in [4.69, 9.17) is 34.0 Å². The van der Waals surface area contributed by atoms with Gasteiger partial charge in [-0.1, -0.05) is 23.2 Å². The normalized spacial score (nSPS) is 12.5. The molecule has 0 amide bonds. The Hall–Kier alpha value is -0.840. The Kier molecular flexibility index (Phi) is 3.69. The third-order valence-corrected chi connectivity index (χ3v) is 2.29. The van der Waals surface area contributed by atoms with Gasteiger partial charge in [0.1, 0.15) is 5.15 Å². The number of aliphatic carboxylic acids is 1. The molecule has 0 aliphatic carbocycles. The van der Waals surface area contributed by atoms with Crippen LogP contribution in [0.1, 0.15) is 18.2 Å². The van der Waals surface area contributed by atoms with Crippen molar-refractivity contribution in [2.75, 3.05) is 0 Å². The van der Waals surface area contributed by atoms with Crippen LogP contribution in [0.2, 0.25) is 10.2 Å². The van der Waals surface area contributed by atoms with Crippen LogP contribution in [0.4, 0.5) is 0 Å². The molecule has 0 saturated heterocycles. The molecule has 1 atom stereocenters. The molecule has 1 aromatic heterocycles. The van der Waals surface area contributed by atoms with Crippen LogP contribution < -0.4 is 5.73 Å². The number of hydrogen-bond acceptors (Lipinski definition) is 3. The minimum absolute atomic E-state index is 0.130. The summed E-state index contributed by atoms with van der Waals surface area (Å²) in [5.74, 6) is -0.981. The van der Waals surface area contributed by atoms with Crippen LogP contribution in [-0.4, -0.2) is 16.1 Å². The summed E-state index contributed by atoms with van der Waals surface area (Å²) in [6.07, 6.45) is -0.190. The van der Waals surface area contributed by atoms with Gasteiger partial charge in [-0.05, 0) is 12.1 Å². The number of pyridine rings is 1. The van der Waals surface area contributed by atoms with Crippen LogP contribution >= 0.6 is 23.2 Å². The maximum Gasteiger partial charge on any atom is 0.305 e. The Bertz CT molecular complexity index is 357. The van der Waals surface area contributed by atoms with Crippen LogP contribution in [0.3, 0.4) is 0 Å². The zero-order chi connectivity index (χ0) is 10.7. The Balaban J connectivity index is 2.85. The van der Waals surface area contributed by atoms with E-state index < -0.39 is 12.0 Å². The van der Waals surface area contributed by atoms with Gasteiger partial charge in [-0.2, -0.15) is 0 Å². The highest BCUT2D eigenvalue weighted by Gasteiger charge is 2.13. The van der Waals surface area contributed by atoms with Gasteiger partial charge in [-0.15, -0.1) is 0 Å². The first-order valence-corrected chi connectivity index (χ1v) is 4.55. The molecule has 0 aromatic carbocycles. The molecule has 0 aliphatic heterocycles. The smallest absolute Gasteiger partial charge is 0.305 e. The Labute approximate surface area is 90.6 Å². The molecule has 0 spiro atoms. The van der Waals surface area contributed by atoms with Gasteiger partial charge in [0.2, 0.25) is 0 Å². The molecule has 6 heteroatoms. The molecule has 4 nitrogen and oxygen atoms in total. The molecule has 0 bridgehead atoms. The van der Waals surface area contributed by atoms with E-state index in [-0.39, 0.29) is 11.6 Å². The molecule has 0 aliphatic rings. The number of rotatable bonds is 3. The van der Waals surface area contributed by atoms with E-state index in [0.717, 1.165) is 0 Å². The number of carboxylic acids is 1. The Morgan fingerprint density at radius 1 is 1.57 bits per heavy atom. The molecular weight excluding hydrogens is 227 g/mol.